The van der Waals surface area contributed by atoms with Crippen LogP contribution in [0.4, 0.5) is 17.6 Å². The molecule has 2 aromatic heterocycles. The maximum absolute atomic E-state index is 5.92. The summed E-state index contributed by atoms with van der Waals surface area (Å²) in [6.45, 7) is 7.33. The molecule has 0 aromatic carbocycles. The van der Waals surface area contributed by atoms with Crippen molar-refractivity contribution in [3.63, 3.8) is 0 Å². The number of rotatable bonds is 5. The van der Waals surface area contributed by atoms with Crippen LogP contribution in [0.2, 0.25) is 0 Å². The molecule has 0 saturated carbocycles. The second kappa shape index (κ2) is 7.44. The maximum Gasteiger partial charge on any atom is 0.223 e. The zero-order chi connectivity index (χ0) is 16.9. The van der Waals surface area contributed by atoms with E-state index in [0.29, 0.717) is 24.9 Å². The van der Waals surface area contributed by atoms with Crippen LogP contribution in [0.1, 0.15) is 25.6 Å². The number of ether oxygens (including phenoxy) is 1. The van der Waals surface area contributed by atoms with Gasteiger partial charge in [0, 0.05) is 25.4 Å². The highest BCUT2D eigenvalue weighted by atomic mass is 16.5. The maximum atomic E-state index is 5.92. The van der Waals surface area contributed by atoms with Gasteiger partial charge in [-0.1, -0.05) is 19.9 Å². The lowest BCUT2D eigenvalue weighted by Gasteiger charge is -2.28. The van der Waals surface area contributed by atoms with Gasteiger partial charge in [0.1, 0.15) is 11.6 Å². The molecular formula is C17H24N6O. The monoisotopic (exact) mass is 328 g/mol. The molecule has 1 saturated heterocycles. The molecule has 3 rings (SSSR count). The summed E-state index contributed by atoms with van der Waals surface area (Å²) in [7, 11) is 0. The first-order valence-corrected chi connectivity index (χ1v) is 8.28. The molecule has 1 unspecified atom stereocenters. The zero-order valence-electron chi connectivity index (χ0n) is 14.1. The summed E-state index contributed by atoms with van der Waals surface area (Å²) < 4.78 is 5.40. The van der Waals surface area contributed by atoms with Gasteiger partial charge < -0.3 is 20.7 Å². The summed E-state index contributed by atoms with van der Waals surface area (Å²) in [5, 5.41) is 3.46. The van der Waals surface area contributed by atoms with Gasteiger partial charge in [0.15, 0.2) is 0 Å². The Balaban J connectivity index is 1.84. The van der Waals surface area contributed by atoms with Gasteiger partial charge in [-0.3, -0.25) is 4.98 Å². The number of pyridine rings is 1. The van der Waals surface area contributed by atoms with E-state index >= 15 is 0 Å². The van der Waals surface area contributed by atoms with Gasteiger partial charge in [0.25, 0.3) is 0 Å². The number of aromatic nitrogens is 3. The van der Waals surface area contributed by atoms with E-state index < -0.39 is 0 Å². The van der Waals surface area contributed by atoms with Gasteiger partial charge in [-0.2, -0.15) is 9.97 Å². The first-order chi connectivity index (χ1) is 11.6. The third kappa shape index (κ3) is 3.91. The van der Waals surface area contributed by atoms with E-state index in [-0.39, 0.29) is 12.0 Å². The van der Waals surface area contributed by atoms with Crippen LogP contribution >= 0.6 is 0 Å². The van der Waals surface area contributed by atoms with Gasteiger partial charge in [0.2, 0.25) is 5.95 Å². The van der Waals surface area contributed by atoms with E-state index in [2.05, 4.69) is 39.0 Å². The number of anilines is 3. The van der Waals surface area contributed by atoms with Crippen molar-refractivity contribution in [2.75, 3.05) is 42.3 Å². The smallest absolute Gasteiger partial charge is 0.223 e. The zero-order valence-corrected chi connectivity index (χ0v) is 14.1. The third-order valence-electron chi connectivity index (χ3n) is 4.04. The van der Waals surface area contributed by atoms with Gasteiger partial charge in [-0.25, -0.2) is 0 Å². The number of morpholine rings is 1. The van der Waals surface area contributed by atoms with Gasteiger partial charge in [-0.05, 0) is 18.1 Å². The number of hydrogen-bond acceptors (Lipinski definition) is 7. The van der Waals surface area contributed by atoms with E-state index in [1.165, 1.54) is 0 Å². The first-order valence-electron chi connectivity index (χ1n) is 8.28. The van der Waals surface area contributed by atoms with Crippen molar-refractivity contribution >= 4 is 17.6 Å². The SMILES string of the molecule is CC(C)C(Nc1cc(N2CCOCC2)nc(N)n1)c1ccccn1. The number of hydrogen-bond donors (Lipinski definition) is 2. The summed E-state index contributed by atoms with van der Waals surface area (Å²) in [6, 6.07) is 7.93. The molecule has 2 aromatic rings. The minimum atomic E-state index is 0.0537. The molecule has 0 amide bonds. The number of nitrogens with one attached hydrogen (secondary N) is 1. The Labute approximate surface area is 142 Å². The van der Waals surface area contributed by atoms with Crippen molar-refractivity contribution in [1.29, 1.82) is 0 Å². The topological polar surface area (TPSA) is 89.2 Å². The van der Waals surface area contributed by atoms with E-state index in [9.17, 15) is 0 Å². The Morgan fingerprint density at radius 2 is 2.00 bits per heavy atom. The summed E-state index contributed by atoms with van der Waals surface area (Å²) in [5.41, 5.74) is 6.90. The Hall–Kier alpha value is -2.41. The minimum absolute atomic E-state index is 0.0537. The molecular weight excluding hydrogens is 304 g/mol. The lowest BCUT2D eigenvalue weighted by molar-refractivity contribution is 0.122. The van der Waals surface area contributed by atoms with Crippen LogP contribution in [0.3, 0.4) is 0 Å². The van der Waals surface area contributed by atoms with Crippen LogP contribution in [0, 0.1) is 5.92 Å². The standard InChI is InChI=1S/C17H24N6O/c1-12(2)16(13-5-3-4-6-19-13)20-14-11-15(22-17(18)21-14)23-7-9-24-10-8-23/h3-6,11-12,16H,7-10H2,1-2H3,(H3,18,20,21,22). The summed E-state index contributed by atoms with van der Waals surface area (Å²) >= 11 is 0. The third-order valence-corrected chi connectivity index (χ3v) is 4.04. The van der Waals surface area contributed by atoms with Crippen LogP contribution in [0.25, 0.3) is 0 Å². The predicted octanol–water partition coefficient (Wildman–Crippen LogP) is 2.10. The molecule has 24 heavy (non-hydrogen) atoms. The van der Waals surface area contributed by atoms with Crippen molar-refractivity contribution in [3.8, 4) is 0 Å². The van der Waals surface area contributed by atoms with Crippen LogP contribution in [0.5, 0.6) is 0 Å². The molecule has 1 aliphatic rings. The molecule has 0 radical (unpaired) electrons. The second-order valence-corrected chi connectivity index (χ2v) is 6.19. The molecule has 7 heteroatoms. The summed E-state index contributed by atoms with van der Waals surface area (Å²) in [4.78, 5) is 15.3. The van der Waals surface area contributed by atoms with E-state index in [1.54, 1.807) is 6.20 Å². The molecule has 7 nitrogen and oxygen atoms in total. The van der Waals surface area contributed by atoms with Crippen LogP contribution in [-0.4, -0.2) is 41.3 Å². The van der Waals surface area contributed by atoms with Gasteiger partial charge >= 0.3 is 0 Å². The largest absolute Gasteiger partial charge is 0.378 e. The molecule has 0 bridgehead atoms. The number of nitrogens with two attached hydrogens (primary N) is 1. The van der Waals surface area contributed by atoms with Crippen molar-refractivity contribution < 1.29 is 4.74 Å². The van der Waals surface area contributed by atoms with Crippen molar-refractivity contribution in [3.05, 3.63) is 36.2 Å². The summed E-state index contributed by atoms with van der Waals surface area (Å²) in [6.07, 6.45) is 1.81. The molecule has 3 heterocycles. The Morgan fingerprint density at radius 3 is 2.67 bits per heavy atom. The molecule has 1 aliphatic heterocycles. The van der Waals surface area contributed by atoms with Crippen molar-refractivity contribution in [2.24, 2.45) is 5.92 Å². The lowest BCUT2D eigenvalue weighted by atomic mass is 10.0. The highest BCUT2D eigenvalue weighted by molar-refractivity contribution is 5.53. The minimum Gasteiger partial charge on any atom is -0.378 e. The molecule has 1 fully saturated rings. The molecule has 0 spiro atoms. The molecule has 1 atom stereocenters. The fraction of sp³-hybridized carbons (Fsp3) is 0.471. The lowest BCUT2D eigenvalue weighted by Crippen LogP contribution is -2.37. The van der Waals surface area contributed by atoms with Crippen molar-refractivity contribution in [2.45, 2.75) is 19.9 Å². The quantitative estimate of drug-likeness (QED) is 0.868. The first kappa shape index (κ1) is 16.4. The average Bonchev–Trinajstić information content (AvgIpc) is 2.60. The van der Waals surface area contributed by atoms with Crippen LogP contribution in [0.15, 0.2) is 30.5 Å². The molecule has 0 aliphatic carbocycles. The van der Waals surface area contributed by atoms with Crippen LogP contribution in [-0.2, 0) is 4.74 Å². The fourth-order valence-electron chi connectivity index (χ4n) is 2.78. The normalized spacial score (nSPS) is 16.2. The van der Waals surface area contributed by atoms with Gasteiger partial charge in [0.05, 0.1) is 24.9 Å². The Morgan fingerprint density at radius 1 is 1.21 bits per heavy atom. The predicted molar refractivity (Wildman–Crippen MR) is 94.9 cm³/mol. The van der Waals surface area contributed by atoms with Crippen molar-refractivity contribution in [1.82, 2.24) is 15.0 Å². The van der Waals surface area contributed by atoms with E-state index in [1.807, 2.05) is 24.3 Å². The highest BCUT2D eigenvalue weighted by Gasteiger charge is 2.19. The Kier molecular flexibility index (Phi) is 5.10. The number of nitrogen functional groups attached to an aromatic ring is 1. The van der Waals surface area contributed by atoms with Gasteiger partial charge in [-0.15, -0.1) is 0 Å². The average molecular weight is 328 g/mol. The summed E-state index contributed by atoms with van der Waals surface area (Å²) in [5.74, 6) is 2.16. The van der Waals surface area contributed by atoms with Crippen LogP contribution < -0.4 is 16.0 Å². The van der Waals surface area contributed by atoms with E-state index in [4.69, 9.17) is 10.5 Å². The molecule has 128 valence electrons. The van der Waals surface area contributed by atoms with E-state index in [0.717, 1.165) is 24.6 Å². The Bertz CT molecular complexity index is 657. The fourth-order valence-corrected chi connectivity index (χ4v) is 2.78. The second-order valence-electron chi connectivity index (χ2n) is 6.19. The molecule has 3 N–H and O–H groups in total. The number of nitrogens with zero attached hydrogens (tertiary/aromatic N) is 4. The highest BCUT2D eigenvalue weighted by Crippen LogP contribution is 2.26.